The largest absolute Gasteiger partial charge is 0.477 e. The lowest BCUT2D eigenvalue weighted by molar-refractivity contribution is -0.136. The summed E-state index contributed by atoms with van der Waals surface area (Å²) in [5, 5.41) is 8.69. The number of carbonyl (C=O) groups is 1. The molecular formula is C8H7BrF3NO2. The molecule has 0 aromatic carbocycles. The van der Waals surface area contributed by atoms with Crippen LogP contribution in [0.5, 0.6) is 0 Å². The molecule has 0 aliphatic heterocycles. The summed E-state index contributed by atoms with van der Waals surface area (Å²) in [5.41, 5.74) is -0.161. The van der Waals surface area contributed by atoms with Crippen LogP contribution in [0.3, 0.4) is 0 Å². The molecule has 0 aliphatic carbocycles. The fourth-order valence-corrected chi connectivity index (χ4v) is 1.55. The molecule has 7 heteroatoms. The third-order valence-corrected chi connectivity index (χ3v) is 2.15. The maximum Gasteiger partial charge on any atom is 0.390 e. The van der Waals surface area contributed by atoms with Crippen molar-refractivity contribution in [3.8, 4) is 0 Å². The van der Waals surface area contributed by atoms with E-state index < -0.39 is 25.1 Å². The second-order valence-corrected chi connectivity index (χ2v) is 3.82. The molecule has 0 amide bonds. The smallest absolute Gasteiger partial charge is 0.390 e. The van der Waals surface area contributed by atoms with Crippen LogP contribution < -0.4 is 0 Å². The van der Waals surface area contributed by atoms with Crippen molar-refractivity contribution in [3.63, 3.8) is 0 Å². The van der Waals surface area contributed by atoms with Crippen LogP contribution in [0, 0.1) is 0 Å². The minimum atomic E-state index is -4.29. The molecule has 0 saturated heterocycles. The minimum absolute atomic E-state index is 0.161. The summed E-state index contributed by atoms with van der Waals surface area (Å²) in [6.07, 6.45) is -4.02. The first kappa shape index (κ1) is 12.1. The molecule has 84 valence electrons. The van der Waals surface area contributed by atoms with Gasteiger partial charge in [-0.1, -0.05) is 0 Å². The fraction of sp³-hybridized carbons (Fsp3) is 0.375. The van der Waals surface area contributed by atoms with Crippen LogP contribution in [0.25, 0.3) is 0 Å². The number of alkyl halides is 3. The molecule has 1 aromatic heterocycles. The molecule has 0 atom stereocenters. The van der Waals surface area contributed by atoms with Crippen LogP contribution in [-0.4, -0.2) is 21.8 Å². The highest BCUT2D eigenvalue weighted by atomic mass is 79.9. The fourth-order valence-electron chi connectivity index (χ4n) is 1.09. The molecule has 0 bridgehead atoms. The Morgan fingerprint density at radius 2 is 2.13 bits per heavy atom. The van der Waals surface area contributed by atoms with Gasteiger partial charge in [0.05, 0.1) is 6.42 Å². The molecule has 15 heavy (non-hydrogen) atoms. The summed E-state index contributed by atoms with van der Waals surface area (Å²) >= 11 is 3.01. The Morgan fingerprint density at radius 3 is 2.60 bits per heavy atom. The van der Waals surface area contributed by atoms with E-state index in [1.54, 1.807) is 0 Å². The summed E-state index contributed by atoms with van der Waals surface area (Å²) < 4.78 is 37.2. The first-order valence-corrected chi connectivity index (χ1v) is 4.74. The summed E-state index contributed by atoms with van der Waals surface area (Å²) in [7, 11) is 0. The molecule has 1 heterocycles. The Morgan fingerprint density at radius 1 is 1.53 bits per heavy atom. The van der Waals surface area contributed by atoms with Gasteiger partial charge in [-0.25, -0.2) is 4.79 Å². The summed E-state index contributed by atoms with van der Waals surface area (Å²) in [6, 6.07) is 1.26. The summed E-state index contributed by atoms with van der Waals surface area (Å²) in [6.45, 7) is -0.392. The number of aromatic nitrogens is 1. The van der Waals surface area contributed by atoms with Crippen LogP contribution in [0.15, 0.2) is 16.7 Å². The number of carboxylic acids is 1. The van der Waals surface area contributed by atoms with Crippen LogP contribution in [0.4, 0.5) is 13.2 Å². The van der Waals surface area contributed by atoms with E-state index >= 15 is 0 Å². The molecule has 1 rings (SSSR count). The van der Waals surface area contributed by atoms with Crippen molar-refractivity contribution in [1.82, 2.24) is 4.57 Å². The van der Waals surface area contributed by atoms with Crippen LogP contribution in [-0.2, 0) is 6.54 Å². The number of halogens is 4. The number of hydrogen-bond acceptors (Lipinski definition) is 1. The highest BCUT2D eigenvalue weighted by Crippen LogP contribution is 2.22. The van der Waals surface area contributed by atoms with Gasteiger partial charge in [0.1, 0.15) is 5.69 Å². The van der Waals surface area contributed by atoms with E-state index in [0.29, 0.717) is 4.47 Å². The first-order chi connectivity index (χ1) is 6.79. The van der Waals surface area contributed by atoms with Gasteiger partial charge in [0.15, 0.2) is 0 Å². The predicted octanol–water partition coefficient (Wildman–Crippen LogP) is 2.90. The third kappa shape index (κ3) is 3.58. The Labute approximate surface area is 91.6 Å². The number of nitrogens with zero attached hydrogens (tertiary/aromatic N) is 1. The van der Waals surface area contributed by atoms with E-state index in [1.807, 2.05) is 0 Å². The predicted molar refractivity (Wildman–Crippen MR) is 49.8 cm³/mol. The number of aryl methyl sites for hydroxylation is 1. The number of carboxylic acid groups (broad SMARTS) is 1. The lowest BCUT2D eigenvalue weighted by Crippen LogP contribution is -2.14. The maximum absolute atomic E-state index is 11.9. The summed E-state index contributed by atoms with van der Waals surface area (Å²) in [5.74, 6) is -1.25. The van der Waals surface area contributed by atoms with E-state index in [1.165, 1.54) is 12.3 Å². The van der Waals surface area contributed by atoms with Gasteiger partial charge in [0.25, 0.3) is 0 Å². The van der Waals surface area contributed by atoms with Gasteiger partial charge in [-0.3, -0.25) is 0 Å². The standard InChI is InChI=1S/C8H7BrF3NO2/c9-5-3-6(7(14)15)13(4-5)2-1-8(10,11)12/h3-4H,1-2H2,(H,14,15). The van der Waals surface area contributed by atoms with Crippen LogP contribution >= 0.6 is 15.9 Å². The number of hydrogen-bond donors (Lipinski definition) is 1. The SMILES string of the molecule is O=C(O)c1cc(Br)cn1CCC(F)(F)F. The van der Waals surface area contributed by atoms with Gasteiger partial charge in [-0.05, 0) is 22.0 Å². The lowest BCUT2D eigenvalue weighted by Gasteiger charge is -2.08. The zero-order chi connectivity index (χ0) is 11.6. The molecule has 0 saturated carbocycles. The van der Waals surface area contributed by atoms with E-state index in [9.17, 15) is 18.0 Å². The molecule has 0 fully saturated rings. The Hall–Kier alpha value is -0.980. The van der Waals surface area contributed by atoms with Crippen molar-refractivity contribution >= 4 is 21.9 Å². The molecule has 3 nitrogen and oxygen atoms in total. The van der Waals surface area contributed by atoms with Gasteiger partial charge >= 0.3 is 12.1 Å². The van der Waals surface area contributed by atoms with Gasteiger partial charge in [0.2, 0.25) is 0 Å². The average molecular weight is 286 g/mol. The van der Waals surface area contributed by atoms with E-state index in [0.717, 1.165) is 4.57 Å². The highest BCUT2D eigenvalue weighted by Gasteiger charge is 2.27. The van der Waals surface area contributed by atoms with Gasteiger partial charge in [-0.2, -0.15) is 13.2 Å². The quantitative estimate of drug-likeness (QED) is 0.928. The van der Waals surface area contributed by atoms with Crippen molar-refractivity contribution in [2.24, 2.45) is 0 Å². The van der Waals surface area contributed by atoms with E-state index in [4.69, 9.17) is 5.11 Å². The van der Waals surface area contributed by atoms with Crippen LogP contribution in [0.2, 0.25) is 0 Å². The van der Waals surface area contributed by atoms with Crippen molar-refractivity contribution in [2.75, 3.05) is 0 Å². The van der Waals surface area contributed by atoms with Crippen molar-refractivity contribution < 1.29 is 23.1 Å². The Balaban J connectivity index is 2.80. The molecule has 0 unspecified atom stereocenters. The van der Waals surface area contributed by atoms with Gasteiger partial charge in [-0.15, -0.1) is 0 Å². The molecule has 0 aliphatic rings. The molecule has 0 spiro atoms. The zero-order valence-corrected chi connectivity index (χ0v) is 8.97. The third-order valence-electron chi connectivity index (χ3n) is 1.72. The maximum atomic E-state index is 11.9. The second kappa shape index (κ2) is 4.26. The minimum Gasteiger partial charge on any atom is -0.477 e. The Bertz CT molecular complexity index is 372. The van der Waals surface area contributed by atoms with Crippen LogP contribution in [0.1, 0.15) is 16.9 Å². The molecule has 1 aromatic rings. The highest BCUT2D eigenvalue weighted by molar-refractivity contribution is 9.10. The average Bonchev–Trinajstić information content (AvgIpc) is 2.42. The van der Waals surface area contributed by atoms with Gasteiger partial charge < -0.3 is 9.67 Å². The monoisotopic (exact) mass is 285 g/mol. The van der Waals surface area contributed by atoms with Gasteiger partial charge in [0, 0.05) is 17.2 Å². The second-order valence-electron chi connectivity index (χ2n) is 2.91. The zero-order valence-electron chi connectivity index (χ0n) is 7.38. The Kier molecular flexibility index (Phi) is 3.43. The molecular weight excluding hydrogens is 279 g/mol. The van der Waals surface area contributed by atoms with E-state index in [-0.39, 0.29) is 5.69 Å². The summed E-state index contributed by atoms with van der Waals surface area (Å²) in [4.78, 5) is 10.6. The van der Waals surface area contributed by atoms with E-state index in [2.05, 4.69) is 15.9 Å². The first-order valence-electron chi connectivity index (χ1n) is 3.95. The molecule has 0 radical (unpaired) electrons. The lowest BCUT2D eigenvalue weighted by atomic mass is 10.4. The van der Waals surface area contributed by atoms with Crippen molar-refractivity contribution in [1.29, 1.82) is 0 Å². The molecule has 1 N–H and O–H groups in total. The normalized spacial score (nSPS) is 11.7. The van der Waals surface area contributed by atoms with Crippen molar-refractivity contribution in [2.45, 2.75) is 19.1 Å². The number of aromatic carboxylic acids is 1. The topological polar surface area (TPSA) is 42.2 Å². The van der Waals surface area contributed by atoms with Crippen molar-refractivity contribution in [3.05, 3.63) is 22.4 Å². The number of rotatable bonds is 3.